The lowest BCUT2D eigenvalue weighted by molar-refractivity contribution is -0.139. The van der Waals surface area contributed by atoms with Crippen molar-refractivity contribution in [3.8, 4) is 0 Å². The number of hydrogen-bond acceptors (Lipinski definition) is 5. The van der Waals surface area contributed by atoms with Gasteiger partial charge in [0.1, 0.15) is 0 Å². The summed E-state index contributed by atoms with van der Waals surface area (Å²) in [5, 5.41) is 6.65. The predicted octanol–water partition coefficient (Wildman–Crippen LogP) is 1.41. The van der Waals surface area contributed by atoms with Crippen LogP contribution >= 0.6 is 11.8 Å². The second-order valence-corrected chi connectivity index (χ2v) is 9.26. The van der Waals surface area contributed by atoms with Crippen LogP contribution in [-0.2, 0) is 9.59 Å². The number of fused-ring (bicyclic) bond motifs is 2. The fourth-order valence-corrected chi connectivity index (χ4v) is 6.28. The fraction of sp³-hybridized carbons (Fsp3) is 0.895. The van der Waals surface area contributed by atoms with E-state index in [1.54, 1.807) is 0 Å². The number of nitrogens with zero attached hydrogens (tertiary/aromatic N) is 2. The molecule has 0 aromatic carbocycles. The molecule has 26 heavy (non-hydrogen) atoms. The maximum atomic E-state index is 11.9. The third kappa shape index (κ3) is 3.76. The number of carbonyl (C=O) groups is 2. The standard InChI is InChI=1S/C10H18N2O.C9H16N2OS/c1-7-3-4-8-5-6-9(11-2)10(13)12(7)8;1-6-5-13-8-4-3-7(10-2)9(12)11(6)8/h7-9,11H,3-6H2,1-2H3;6-8,10H,3-5H2,1-2H3/t7-,8-,9+;6-,7+,8-/m11/s1. The smallest absolute Gasteiger partial charge is 0.240 e. The van der Waals surface area contributed by atoms with Crippen molar-refractivity contribution >= 4 is 23.6 Å². The van der Waals surface area contributed by atoms with Gasteiger partial charge in [0.25, 0.3) is 0 Å². The summed E-state index contributed by atoms with van der Waals surface area (Å²) in [7, 11) is 3.75. The minimum atomic E-state index is 0.0670. The quantitative estimate of drug-likeness (QED) is 0.756. The zero-order valence-corrected chi connectivity index (χ0v) is 17.3. The van der Waals surface area contributed by atoms with Crippen molar-refractivity contribution in [2.45, 2.75) is 88.0 Å². The summed E-state index contributed by atoms with van der Waals surface area (Å²) in [6.07, 6.45) is 6.74. The minimum Gasteiger partial charge on any atom is -0.336 e. The Balaban J connectivity index is 0.000000151. The average Bonchev–Trinajstić information content (AvgIpc) is 3.20. The van der Waals surface area contributed by atoms with Crippen molar-refractivity contribution in [3.63, 3.8) is 0 Å². The highest BCUT2D eigenvalue weighted by atomic mass is 32.2. The van der Waals surface area contributed by atoms with E-state index in [0.717, 1.165) is 25.0 Å². The summed E-state index contributed by atoms with van der Waals surface area (Å²) >= 11 is 1.93. The van der Waals surface area contributed by atoms with Crippen LogP contribution in [0.1, 0.15) is 52.4 Å². The van der Waals surface area contributed by atoms with Crippen LogP contribution in [0, 0.1) is 0 Å². The van der Waals surface area contributed by atoms with Crippen LogP contribution in [0.25, 0.3) is 0 Å². The predicted molar refractivity (Wildman–Crippen MR) is 106 cm³/mol. The first-order valence-corrected chi connectivity index (χ1v) is 11.1. The molecule has 2 amide bonds. The molecular weight excluding hydrogens is 348 g/mol. The van der Waals surface area contributed by atoms with E-state index in [2.05, 4.69) is 34.3 Å². The Morgan fingerprint density at radius 3 is 2.04 bits per heavy atom. The van der Waals surface area contributed by atoms with E-state index in [1.807, 2.05) is 25.9 Å². The van der Waals surface area contributed by atoms with Crippen molar-refractivity contribution in [1.82, 2.24) is 20.4 Å². The first kappa shape index (κ1) is 20.0. The molecule has 148 valence electrons. The van der Waals surface area contributed by atoms with E-state index in [4.69, 9.17) is 0 Å². The molecule has 0 aromatic rings. The molecule has 0 saturated carbocycles. The number of thioether (sulfide) groups is 1. The number of piperidine rings is 2. The summed E-state index contributed by atoms with van der Waals surface area (Å²) in [5.41, 5.74) is 0. The van der Waals surface area contributed by atoms with Crippen molar-refractivity contribution < 1.29 is 9.59 Å². The molecule has 0 aromatic heterocycles. The van der Waals surface area contributed by atoms with Crippen molar-refractivity contribution in [1.29, 1.82) is 0 Å². The maximum Gasteiger partial charge on any atom is 0.240 e. The highest BCUT2D eigenvalue weighted by Crippen LogP contribution is 2.36. The van der Waals surface area contributed by atoms with Gasteiger partial charge in [0.05, 0.1) is 17.5 Å². The van der Waals surface area contributed by atoms with E-state index in [0.29, 0.717) is 35.3 Å². The Kier molecular flexibility index (Phi) is 6.51. The molecule has 6 nitrogen and oxygen atoms in total. The molecule has 6 atom stereocenters. The zero-order chi connectivity index (χ0) is 18.8. The van der Waals surface area contributed by atoms with Crippen molar-refractivity contribution in [2.24, 2.45) is 0 Å². The Labute approximate surface area is 161 Å². The van der Waals surface area contributed by atoms with E-state index in [1.165, 1.54) is 19.3 Å². The number of rotatable bonds is 2. The lowest BCUT2D eigenvalue weighted by Gasteiger charge is -2.37. The third-order valence-corrected chi connectivity index (χ3v) is 7.92. The van der Waals surface area contributed by atoms with Gasteiger partial charge >= 0.3 is 0 Å². The Bertz CT molecular complexity index is 486. The van der Waals surface area contributed by atoms with E-state index in [9.17, 15) is 9.59 Å². The third-order valence-electron chi connectivity index (χ3n) is 6.39. The number of likely N-dealkylation sites (N-methyl/N-ethyl adjacent to an activating group) is 2. The van der Waals surface area contributed by atoms with Crippen LogP contribution in [0.4, 0.5) is 0 Å². The van der Waals surface area contributed by atoms with Gasteiger partial charge in [-0.25, -0.2) is 0 Å². The first-order valence-electron chi connectivity index (χ1n) is 10.1. The molecular formula is C19H34N4O2S. The van der Waals surface area contributed by atoms with Crippen LogP contribution < -0.4 is 10.6 Å². The van der Waals surface area contributed by atoms with Gasteiger partial charge in [0.2, 0.25) is 11.8 Å². The summed E-state index contributed by atoms with van der Waals surface area (Å²) in [6, 6.07) is 1.59. The number of carbonyl (C=O) groups excluding carboxylic acids is 2. The maximum absolute atomic E-state index is 11.9. The van der Waals surface area contributed by atoms with Gasteiger partial charge in [0, 0.05) is 23.9 Å². The zero-order valence-electron chi connectivity index (χ0n) is 16.5. The molecule has 4 aliphatic rings. The largest absolute Gasteiger partial charge is 0.336 e. The fourth-order valence-electron chi connectivity index (χ4n) is 4.84. The Hall–Kier alpha value is -0.790. The minimum absolute atomic E-state index is 0.0670. The van der Waals surface area contributed by atoms with Crippen molar-refractivity contribution in [3.05, 3.63) is 0 Å². The summed E-state index contributed by atoms with van der Waals surface area (Å²) in [5.74, 6) is 1.73. The van der Waals surface area contributed by atoms with E-state index in [-0.39, 0.29) is 12.1 Å². The van der Waals surface area contributed by atoms with Crippen LogP contribution in [0.15, 0.2) is 0 Å². The molecule has 0 bridgehead atoms. The van der Waals surface area contributed by atoms with Gasteiger partial charge in [0.15, 0.2) is 0 Å². The molecule has 7 heteroatoms. The highest BCUT2D eigenvalue weighted by Gasteiger charge is 2.42. The van der Waals surface area contributed by atoms with Gasteiger partial charge in [-0.05, 0) is 66.5 Å². The molecule has 4 saturated heterocycles. The van der Waals surface area contributed by atoms with E-state index < -0.39 is 0 Å². The molecule has 2 N–H and O–H groups in total. The van der Waals surface area contributed by atoms with Gasteiger partial charge in [-0.3, -0.25) is 9.59 Å². The first-order chi connectivity index (χ1) is 12.5. The molecule has 4 fully saturated rings. The van der Waals surface area contributed by atoms with Crippen LogP contribution in [0.2, 0.25) is 0 Å². The summed E-state index contributed by atoms with van der Waals surface area (Å²) in [4.78, 5) is 28.0. The average molecular weight is 383 g/mol. The topological polar surface area (TPSA) is 64.7 Å². The Morgan fingerprint density at radius 2 is 1.38 bits per heavy atom. The molecule has 0 radical (unpaired) electrons. The van der Waals surface area contributed by atoms with Crippen LogP contribution in [-0.4, -0.2) is 77.0 Å². The molecule has 4 rings (SSSR count). The lowest BCUT2D eigenvalue weighted by atomic mass is 9.98. The second-order valence-electron chi connectivity index (χ2n) is 8.05. The Morgan fingerprint density at radius 1 is 0.808 bits per heavy atom. The summed E-state index contributed by atoms with van der Waals surface area (Å²) in [6.45, 7) is 4.30. The van der Waals surface area contributed by atoms with Crippen LogP contribution in [0.5, 0.6) is 0 Å². The number of nitrogens with one attached hydrogen (secondary N) is 2. The highest BCUT2D eigenvalue weighted by molar-refractivity contribution is 8.00. The van der Waals surface area contributed by atoms with Crippen LogP contribution in [0.3, 0.4) is 0 Å². The van der Waals surface area contributed by atoms with Crippen molar-refractivity contribution in [2.75, 3.05) is 19.8 Å². The molecule has 4 aliphatic heterocycles. The van der Waals surface area contributed by atoms with Gasteiger partial charge < -0.3 is 20.4 Å². The molecule has 0 unspecified atom stereocenters. The monoisotopic (exact) mass is 382 g/mol. The SMILES string of the molecule is CN[C@H]1CC[C@H]2CC[C@@H](C)N2C1=O.CN[C@H]1CC[C@H]2SC[C@@H](C)N2C1=O. The normalized spacial score (nSPS) is 39.4. The molecule has 0 aliphatic carbocycles. The van der Waals surface area contributed by atoms with Gasteiger partial charge in [-0.1, -0.05) is 0 Å². The summed E-state index contributed by atoms with van der Waals surface area (Å²) < 4.78 is 0. The number of amides is 2. The molecule has 0 spiro atoms. The van der Waals surface area contributed by atoms with E-state index >= 15 is 0 Å². The van der Waals surface area contributed by atoms with Gasteiger partial charge in [-0.15, -0.1) is 11.8 Å². The molecule has 4 heterocycles. The second kappa shape index (κ2) is 8.48. The number of hydrogen-bond donors (Lipinski definition) is 2. The lowest BCUT2D eigenvalue weighted by Crippen LogP contribution is -2.53. The van der Waals surface area contributed by atoms with Gasteiger partial charge in [-0.2, -0.15) is 0 Å².